The maximum Gasteiger partial charge on any atom is 0.263 e. The first-order valence-electron chi connectivity index (χ1n) is 8.11. The Morgan fingerprint density at radius 1 is 1.20 bits per heavy atom. The largest absolute Gasteiger partial charge is 0.371 e. The number of halogens is 1. The fourth-order valence-electron chi connectivity index (χ4n) is 2.83. The minimum atomic E-state index is -0.365. The summed E-state index contributed by atoms with van der Waals surface area (Å²) in [4.78, 5) is 14.3. The molecule has 1 heterocycles. The van der Waals surface area contributed by atoms with Crippen molar-refractivity contribution in [1.29, 1.82) is 5.26 Å². The predicted octanol–water partition coefficient (Wildman–Crippen LogP) is 3.42. The van der Waals surface area contributed by atoms with Gasteiger partial charge in [0.15, 0.2) is 0 Å². The summed E-state index contributed by atoms with van der Waals surface area (Å²) >= 11 is 5.85. The van der Waals surface area contributed by atoms with Gasteiger partial charge in [0.2, 0.25) is 0 Å². The molecule has 0 fully saturated rings. The Labute approximate surface area is 152 Å². The van der Waals surface area contributed by atoms with Crippen molar-refractivity contribution in [2.45, 2.75) is 19.5 Å². The van der Waals surface area contributed by atoms with Crippen molar-refractivity contribution in [3.05, 3.63) is 82.0 Å². The number of amides is 1. The van der Waals surface area contributed by atoms with Crippen molar-refractivity contribution in [2.75, 3.05) is 6.54 Å². The Morgan fingerprint density at radius 3 is 2.64 bits per heavy atom. The van der Waals surface area contributed by atoms with Crippen molar-refractivity contribution in [1.82, 2.24) is 10.2 Å². The van der Waals surface area contributed by atoms with E-state index < -0.39 is 0 Å². The third-order valence-electron chi connectivity index (χ3n) is 4.20. The molecule has 2 aromatic carbocycles. The van der Waals surface area contributed by atoms with Crippen molar-refractivity contribution in [2.24, 2.45) is 0 Å². The SMILES string of the molecule is N#C/C(=C/N1CCc2ccccc2C1)C(=O)NCc1ccc(Cl)cc1. The van der Waals surface area contributed by atoms with Crippen molar-refractivity contribution in [3.63, 3.8) is 0 Å². The zero-order valence-corrected chi connectivity index (χ0v) is 14.5. The topological polar surface area (TPSA) is 56.1 Å². The highest BCUT2D eigenvalue weighted by molar-refractivity contribution is 6.30. The number of hydrogen-bond acceptors (Lipinski definition) is 3. The molecule has 0 bridgehead atoms. The van der Waals surface area contributed by atoms with Crippen LogP contribution in [0.25, 0.3) is 0 Å². The lowest BCUT2D eigenvalue weighted by molar-refractivity contribution is -0.117. The van der Waals surface area contributed by atoms with Gasteiger partial charge in [-0.1, -0.05) is 48.0 Å². The van der Waals surface area contributed by atoms with Gasteiger partial charge in [-0.05, 0) is 35.2 Å². The number of fused-ring (bicyclic) bond motifs is 1. The first-order chi connectivity index (χ1) is 12.2. The monoisotopic (exact) mass is 351 g/mol. The second-order valence-electron chi connectivity index (χ2n) is 5.95. The van der Waals surface area contributed by atoms with Crippen LogP contribution in [0.5, 0.6) is 0 Å². The Kier molecular flexibility index (Phi) is 5.37. The normalized spacial score (nSPS) is 13.8. The van der Waals surface area contributed by atoms with Crippen LogP contribution in [0.1, 0.15) is 16.7 Å². The minimum Gasteiger partial charge on any atom is -0.371 e. The summed E-state index contributed by atoms with van der Waals surface area (Å²) in [6.45, 7) is 1.87. The third-order valence-corrected chi connectivity index (χ3v) is 4.46. The van der Waals surface area contributed by atoms with Crippen LogP contribution in [0, 0.1) is 11.3 Å². The molecule has 4 nitrogen and oxygen atoms in total. The van der Waals surface area contributed by atoms with Crippen LogP contribution >= 0.6 is 11.6 Å². The lowest BCUT2D eigenvalue weighted by Gasteiger charge is -2.27. The molecule has 1 aliphatic rings. The number of nitrogens with one attached hydrogen (secondary N) is 1. The summed E-state index contributed by atoms with van der Waals surface area (Å²) in [6, 6.07) is 17.5. The standard InChI is InChI=1S/C20H18ClN3O/c21-19-7-5-15(6-8-19)12-23-20(25)18(11-22)14-24-10-9-16-3-1-2-4-17(16)13-24/h1-8,14H,9-10,12-13H2,(H,23,25)/b18-14-. The van der Waals surface area contributed by atoms with E-state index in [4.69, 9.17) is 11.6 Å². The van der Waals surface area contributed by atoms with E-state index in [9.17, 15) is 10.1 Å². The van der Waals surface area contributed by atoms with Gasteiger partial charge in [-0.2, -0.15) is 5.26 Å². The maximum atomic E-state index is 12.3. The molecule has 25 heavy (non-hydrogen) atoms. The predicted molar refractivity (Wildman–Crippen MR) is 97.6 cm³/mol. The Hall–Kier alpha value is -2.77. The van der Waals surface area contributed by atoms with Gasteiger partial charge in [0, 0.05) is 30.9 Å². The zero-order valence-electron chi connectivity index (χ0n) is 13.7. The molecule has 0 unspecified atom stereocenters. The van der Waals surface area contributed by atoms with E-state index in [2.05, 4.69) is 17.4 Å². The van der Waals surface area contributed by atoms with Gasteiger partial charge in [0.05, 0.1) is 0 Å². The number of carbonyl (C=O) groups is 1. The third kappa shape index (κ3) is 4.40. The summed E-state index contributed by atoms with van der Waals surface area (Å²) < 4.78 is 0. The van der Waals surface area contributed by atoms with Crippen LogP contribution in [-0.4, -0.2) is 17.4 Å². The quantitative estimate of drug-likeness (QED) is 0.678. The second-order valence-corrected chi connectivity index (χ2v) is 6.39. The number of rotatable bonds is 4. The molecular formula is C20H18ClN3O. The smallest absolute Gasteiger partial charge is 0.263 e. The molecule has 0 aromatic heterocycles. The average molecular weight is 352 g/mol. The highest BCUT2D eigenvalue weighted by atomic mass is 35.5. The summed E-state index contributed by atoms with van der Waals surface area (Å²) in [5.41, 5.74) is 3.62. The van der Waals surface area contributed by atoms with E-state index in [1.54, 1.807) is 18.3 Å². The van der Waals surface area contributed by atoms with E-state index in [1.807, 2.05) is 35.2 Å². The van der Waals surface area contributed by atoms with E-state index in [-0.39, 0.29) is 11.5 Å². The van der Waals surface area contributed by atoms with Gasteiger partial charge in [-0.15, -0.1) is 0 Å². The van der Waals surface area contributed by atoms with Gasteiger partial charge in [0.1, 0.15) is 11.6 Å². The minimum absolute atomic E-state index is 0.119. The lowest BCUT2D eigenvalue weighted by Crippen LogP contribution is -2.29. The van der Waals surface area contributed by atoms with E-state index >= 15 is 0 Å². The summed E-state index contributed by atoms with van der Waals surface area (Å²) in [7, 11) is 0. The molecule has 1 aliphatic heterocycles. The molecule has 1 amide bonds. The average Bonchev–Trinajstić information content (AvgIpc) is 2.65. The molecule has 0 radical (unpaired) electrons. The van der Waals surface area contributed by atoms with Gasteiger partial charge in [0.25, 0.3) is 5.91 Å². The number of nitrogens with zero attached hydrogens (tertiary/aromatic N) is 2. The Morgan fingerprint density at radius 2 is 1.92 bits per heavy atom. The molecule has 5 heteroatoms. The van der Waals surface area contributed by atoms with Crippen molar-refractivity contribution < 1.29 is 4.79 Å². The van der Waals surface area contributed by atoms with Crippen molar-refractivity contribution >= 4 is 17.5 Å². The number of hydrogen-bond donors (Lipinski definition) is 1. The molecule has 0 aliphatic carbocycles. The molecular weight excluding hydrogens is 334 g/mol. The molecule has 126 valence electrons. The van der Waals surface area contributed by atoms with Gasteiger partial charge in [-0.3, -0.25) is 4.79 Å². The summed E-state index contributed by atoms with van der Waals surface area (Å²) in [5.74, 6) is -0.365. The molecule has 1 N–H and O–H groups in total. The summed E-state index contributed by atoms with van der Waals surface area (Å²) in [6.07, 6.45) is 2.57. The lowest BCUT2D eigenvalue weighted by atomic mass is 10.0. The fraction of sp³-hybridized carbons (Fsp3) is 0.200. The van der Waals surface area contributed by atoms with E-state index in [0.29, 0.717) is 18.1 Å². The summed E-state index contributed by atoms with van der Waals surface area (Å²) in [5, 5.41) is 12.8. The Bertz CT molecular complexity index is 837. The number of nitriles is 1. The fourth-order valence-corrected chi connectivity index (χ4v) is 2.95. The molecule has 2 aromatic rings. The molecule has 0 saturated heterocycles. The first-order valence-corrected chi connectivity index (χ1v) is 8.49. The molecule has 0 atom stereocenters. The Balaban J connectivity index is 1.63. The van der Waals surface area contributed by atoms with Gasteiger partial charge in [-0.25, -0.2) is 0 Å². The van der Waals surface area contributed by atoms with Crippen molar-refractivity contribution in [3.8, 4) is 6.07 Å². The van der Waals surface area contributed by atoms with Gasteiger partial charge < -0.3 is 10.2 Å². The maximum absolute atomic E-state index is 12.3. The zero-order chi connectivity index (χ0) is 17.6. The van der Waals surface area contributed by atoms with E-state index in [0.717, 1.165) is 18.5 Å². The highest BCUT2D eigenvalue weighted by Gasteiger charge is 2.16. The van der Waals surface area contributed by atoms with Crippen LogP contribution in [0.3, 0.4) is 0 Å². The van der Waals surface area contributed by atoms with Gasteiger partial charge >= 0.3 is 0 Å². The van der Waals surface area contributed by atoms with E-state index in [1.165, 1.54) is 11.1 Å². The number of benzene rings is 2. The molecule has 0 saturated carbocycles. The highest BCUT2D eigenvalue weighted by Crippen LogP contribution is 2.19. The van der Waals surface area contributed by atoms with Crippen LogP contribution in [0.4, 0.5) is 0 Å². The second kappa shape index (κ2) is 7.87. The first kappa shape index (κ1) is 17.1. The van der Waals surface area contributed by atoms with Crippen LogP contribution in [0.2, 0.25) is 5.02 Å². The van der Waals surface area contributed by atoms with Crippen LogP contribution in [-0.2, 0) is 24.3 Å². The molecule has 3 rings (SSSR count). The number of carbonyl (C=O) groups excluding carboxylic acids is 1. The van der Waals surface area contributed by atoms with Crippen LogP contribution < -0.4 is 5.32 Å². The van der Waals surface area contributed by atoms with Crippen LogP contribution in [0.15, 0.2) is 60.3 Å². The molecule has 0 spiro atoms.